The molecule has 0 radical (unpaired) electrons. The van der Waals surface area contributed by atoms with Crippen molar-refractivity contribution in [2.45, 2.75) is 12.8 Å². The zero-order chi connectivity index (χ0) is 12.1. The first-order valence-corrected chi connectivity index (χ1v) is 6.21. The maximum atomic E-state index is 10.4. The van der Waals surface area contributed by atoms with Crippen LogP contribution in [0.15, 0.2) is 4.99 Å². The molecule has 0 spiro atoms. The minimum atomic E-state index is -0.792. The first-order chi connectivity index (χ1) is 8.25. The lowest BCUT2D eigenvalue weighted by molar-refractivity contribution is -0.136. The van der Waals surface area contributed by atoms with Crippen molar-refractivity contribution in [2.24, 2.45) is 10.9 Å². The van der Waals surface area contributed by atoms with Crippen molar-refractivity contribution in [2.75, 3.05) is 39.3 Å². The molecular weight excluding hydrogens is 220 g/mol. The van der Waals surface area contributed by atoms with Crippen LogP contribution in [0.5, 0.6) is 0 Å². The SMILES string of the molecule is O=C(O)CNCC1CCCN(C2=NCCN2)C1. The molecule has 0 bridgehead atoms. The summed E-state index contributed by atoms with van der Waals surface area (Å²) >= 11 is 0. The first kappa shape index (κ1) is 12.2. The number of aliphatic imine (C=N–C) groups is 1. The number of piperidine rings is 1. The van der Waals surface area contributed by atoms with Gasteiger partial charge in [0.2, 0.25) is 0 Å². The molecule has 0 aromatic heterocycles. The average molecular weight is 240 g/mol. The number of carboxylic acids is 1. The van der Waals surface area contributed by atoms with Crippen molar-refractivity contribution >= 4 is 11.9 Å². The molecule has 6 nitrogen and oxygen atoms in total. The highest BCUT2D eigenvalue weighted by Gasteiger charge is 2.23. The van der Waals surface area contributed by atoms with Crippen LogP contribution < -0.4 is 10.6 Å². The fourth-order valence-electron chi connectivity index (χ4n) is 2.40. The van der Waals surface area contributed by atoms with Gasteiger partial charge >= 0.3 is 5.97 Å². The van der Waals surface area contributed by atoms with Crippen LogP contribution in [-0.2, 0) is 4.79 Å². The Labute approximate surface area is 101 Å². The van der Waals surface area contributed by atoms with Crippen LogP contribution in [0.2, 0.25) is 0 Å². The summed E-state index contributed by atoms with van der Waals surface area (Å²) in [6.07, 6.45) is 2.32. The van der Waals surface area contributed by atoms with Crippen molar-refractivity contribution in [3.8, 4) is 0 Å². The van der Waals surface area contributed by atoms with E-state index >= 15 is 0 Å². The van der Waals surface area contributed by atoms with Crippen LogP contribution in [0.3, 0.4) is 0 Å². The second kappa shape index (κ2) is 5.86. The lowest BCUT2D eigenvalue weighted by Gasteiger charge is -2.34. The Morgan fingerprint density at radius 3 is 3.24 bits per heavy atom. The third kappa shape index (κ3) is 3.59. The van der Waals surface area contributed by atoms with Crippen LogP contribution in [0.1, 0.15) is 12.8 Å². The van der Waals surface area contributed by atoms with E-state index in [4.69, 9.17) is 5.11 Å². The topological polar surface area (TPSA) is 77.0 Å². The van der Waals surface area contributed by atoms with E-state index in [0.717, 1.165) is 51.5 Å². The number of rotatable bonds is 4. The number of hydrogen-bond donors (Lipinski definition) is 3. The summed E-state index contributed by atoms with van der Waals surface area (Å²) < 4.78 is 0. The van der Waals surface area contributed by atoms with Gasteiger partial charge in [-0.05, 0) is 18.8 Å². The molecule has 2 aliphatic heterocycles. The van der Waals surface area contributed by atoms with Crippen molar-refractivity contribution < 1.29 is 9.90 Å². The molecule has 0 aromatic rings. The number of hydrogen-bond acceptors (Lipinski definition) is 5. The molecular formula is C11H20N4O2. The molecule has 0 aromatic carbocycles. The molecule has 6 heteroatoms. The first-order valence-electron chi connectivity index (χ1n) is 6.21. The molecule has 1 unspecified atom stereocenters. The van der Waals surface area contributed by atoms with E-state index in [1.807, 2.05) is 0 Å². The molecule has 17 heavy (non-hydrogen) atoms. The molecule has 3 N–H and O–H groups in total. The maximum Gasteiger partial charge on any atom is 0.317 e. The van der Waals surface area contributed by atoms with Gasteiger partial charge in [0.15, 0.2) is 5.96 Å². The molecule has 1 fully saturated rings. The van der Waals surface area contributed by atoms with Gasteiger partial charge in [0.1, 0.15) is 0 Å². The van der Waals surface area contributed by atoms with Crippen LogP contribution in [0.25, 0.3) is 0 Å². The van der Waals surface area contributed by atoms with E-state index in [2.05, 4.69) is 20.5 Å². The molecule has 96 valence electrons. The van der Waals surface area contributed by atoms with Crippen molar-refractivity contribution in [1.82, 2.24) is 15.5 Å². The normalized spacial score (nSPS) is 24.4. The minimum Gasteiger partial charge on any atom is -0.480 e. The van der Waals surface area contributed by atoms with E-state index in [0.29, 0.717) is 5.92 Å². The predicted octanol–water partition coefficient (Wildman–Crippen LogP) is -0.668. The Hall–Kier alpha value is -1.30. The predicted molar refractivity (Wildman–Crippen MR) is 65.1 cm³/mol. The number of nitrogens with one attached hydrogen (secondary N) is 2. The summed E-state index contributed by atoms with van der Waals surface area (Å²) in [5.41, 5.74) is 0. The smallest absolute Gasteiger partial charge is 0.317 e. The standard InChI is InChI=1S/C11H20N4O2/c16-10(17)7-12-6-9-2-1-5-15(8-9)11-13-3-4-14-11/h9,12H,1-8H2,(H,13,14)(H,16,17). The molecule has 1 saturated heterocycles. The maximum absolute atomic E-state index is 10.4. The Morgan fingerprint density at radius 1 is 1.65 bits per heavy atom. The molecule has 2 rings (SSSR count). The summed E-state index contributed by atoms with van der Waals surface area (Å²) in [6.45, 7) is 4.66. The van der Waals surface area contributed by atoms with Gasteiger partial charge in [-0.2, -0.15) is 0 Å². The summed E-state index contributed by atoms with van der Waals surface area (Å²) in [5.74, 6) is 0.751. The fourth-order valence-corrected chi connectivity index (χ4v) is 2.40. The number of likely N-dealkylation sites (tertiary alicyclic amines) is 1. The van der Waals surface area contributed by atoms with Crippen molar-refractivity contribution in [1.29, 1.82) is 0 Å². The van der Waals surface area contributed by atoms with Gasteiger partial charge in [-0.3, -0.25) is 9.79 Å². The van der Waals surface area contributed by atoms with Gasteiger partial charge < -0.3 is 20.6 Å². The zero-order valence-corrected chi connectivity index (χ0v) is 9.98. The second-order valence-electron chi connectivity index (χ2n) is 4.61. The Balaban J connectivity index is 1.74. The van der Waals surface area contributed by atoms with Gasteiger partial charge in [0.05, 0.1) is 13.1 Å². The van der Waals surface area contributed by atoms with Gasteiger partial charge in [0, 0.05) is 26.2 Å². The van der Waals surface area contributed by atoms with Crippen LogP contribution in [0.4, 0.5) is 0 Å². The van der Waals surface area contributed by atoms with Crippen LogP contribution in [0, 0.1) is 5.92 Å². The lowest BCUT2D eigenvalue weighted by Crippen LogP contribution is -2.47. The highest BCUT2D eigenvalue weighted by atomic mass is 16.4. The van der Waals surface area contributed by atoms with Gasteiger partial charge in [-0.25, -0.2) is 0 Å². The molecule has 2 heterocycles. The van der Waals surface area contributed by atoms with E-state index in [-0.39, 0.29) is 6.54 Å². The van der Waals surface area contributed by atoms with Gasteiger partial charge in [-0.1, -0.05) is 0 Å². The lowest BCUT2D eigenvalue weighted by atomic mass is 9.98. The largest absolute Gasteiger partial charge is 0.480 e. The van der Waals surface area contributed by atoms with Crippen molar-refractivity contribution in [3.05, 3.63) is 0 Å². The number of aliphatic carboxylic acids is 1. The molecule has 1 atom stereocenters. The fraction of sp³-hybridized carbons (Fsp3) is 0.818. The number of carbonyl (C=O) groups is 1. The average Bonchev–Trinajstić information content (AvgIpc) is 2.82. The number of nitrogens with zero attached hydrogens (tertiary/aromatic N) is 2. The highest BCUT2D eigenvalue weighted by Crippen LogP contribution is 2.16. The summed E-state index contributed by atoms with van der Waals surface area (Å²) in [6, 6.07) is 0. The van der Waals surface area contributed by atoms with E-state index in [1.165, 1.54) is 0 Å². The van der Waals surface area contributed by atoms with Crippen LogP contribution >= 0.6 is 0 Å². The van der Waals surface area contributed by atoms with Gasteiger partial charge in [0.25, 0.3) is 0 Å². The number of carboxylic acid groups (broad SMARTS) is 1. The zero-order valence-electron chi connectivity index (χ0n) is 9.98. The third-order valence-corrected chi connectivity index (χ3v) is 3.18. The Bertz CT molecular complexity index is 306. The summed E-state index contributed by atoms with van der Waals surface area (Å²) in [7, 11) is 0. The summed E-state index contributed by atoms with van der Waals surface area (Å²) in [4.78, 5) is 17.1. The molecule has 0 amide bonds. The van der Waals surface area contributed by atoms with E-state index in [1.54, 1.807) is 0 Å². The van der Waals surface area contributed by atoms with E-state index in [9.17, 15) is 4.79 Å². The quantitative estimate of drug-likeness (QED) is 0.607. The monoisotopic (exact) mass is 240 g/mol. The van der Waals surface area contributed by atoms with E-state index < -0.39 is 5.97 Å². The molecule has 0 aliphatic carbocycles. The molecule has 0 saturated carbocycles. The van der Waals surface area contributed by atoms with Crippen molar-refractivity contribution in [3.63, 3.8) is 0 Å². The van der Waals surface area contributed by atoms with Gasteiger partial charge in [-0.15, -0.1) is 0 Å². The minimum absolute atomic E-state index is 0.0513. The molecule has 2 aliphatic rings. The highest BCUT2D eigenvalue weighted by molar-refractivity contribution is 5.81. The number of guanidine groups is 1. The third-order valence-electron chi connectivity index (χ3n) is 3.18. The van der Waals surface area contributed by atoms with Crippen LogP contribution in [-0.4, -0.2) is 61.2 Å². The Kier molecular flexibility index (Phi) is 4.19. The second-order valence-corrected chi connectivity index (χ2v) is 4.61. The summed E-state index contributed by atoms with van der Waals surface area (Å²) in [5, 5.41) is 14.8. The Morgan fingerprint density at radius 2 is 2.53 bits per heavy atom.